The molecule has 8 nitrogen and oxygen atoms in total. The highest BCUT2D eigenvalue weighted by molar-refractivity contribution is 5.98. The molecule has 0 aromatic rings. The number of hydrogen-bond acceptors (Lipinski definition) is 6. The molecular formula is C25H44O8. The van der Waals surface area contributed by atoms with E-state index in [-0.39, 0.29) is 24.8 Å². The zero-order valence-corrected chi connectivity index (χ0v) is 21.3. The van der Waals surface area contributed by atoms with Gasteiger partial charge in [-0.2, -0.15) is 0 Å². The number of esters is 2. The molecule has 0 aromatic heterocycles. The standard InChI is InChI=1S/C25H44O8/c1-7-32-21(30)23(3,4)15-11-9-13-17-25(19(26)27,20(28)29)18-14-10-12-16-24(5,6)22(31)33-8-2/h7-18H2,1-6H3,(H,26,27)(H,28,29). The number of ether oxygens (including phenoxy) is 2. The number of aliphatic carboxylic acids is 2. The summed E-state index contributed by atoms with van der Waals surface area (Å²) in [6.07, 6.45) is 4.83. The molecular weight excluding hydrogens is 428 g/mol. The van der Waals surface area contributed by atoms with Crippen molar-refractivity contribution in [2.75, 3.05) is 13.2 Å². The Kier molecular flexibility index (Phi) is 13.3. The van der Waals surface area contributed by atoms with E-state index in [1.54, 1.807) is 13.8 Å². The minimum Gasteiger partial charge on any atom is -0.480 e. The van der Waals surface area contributed by atoms with Gasteiger partial charge < -0.3 is 19.7 Å². The van der Waals surface area contributed by atoms with Gasteiger partial charge in [-0.3, -0.25) is 19.2 Å². The van der Waals surface area contributed by atoms with Crippen molar-refractivity contribution in [1.82, 2.24) is 0 Å². The minimum atomic E-state index is -1.81. The summed E-state index contributed by atoms with van der Waals surface area (Å²) in [6, 6.07) is 0. The Morgan fingerprint density at radius 2 is 0.879 bits per heavy atom. The first-order chi connectivity index (χ1) is 15.3. The second kappa shape index (κ2) is 14.2. The van der Waals surface area contributed by atoms with Crippen molar-refractivity contribution in [3.63, 3.8) is 0 Å². The lowest BCUT2D eigenvalue weighted by Gasteiger charge is -2.26. The fourth-order valence-electron chi connectivity index (χ4n) is 3.84. The lowest BCUT2D eigenvalue weighted by Crippen LogP contribution is -2.39. The fourth-order valence-corrected chi connectivity index (χ4v) is 3.84. The normalized spacial score (nSPS) is 12.3. The van der Waals surface area contributed by atoms with E-state index in [0.717, 1.165) is 0 Å². The van der Waals surface area contributed by atoms with Gasteiger partial charge in [0.05, 0.1) is 24.0 Å². The maximum absolute atomic E-state index is 12.0. The summed E-state index contributed by atoms with van der Waals surface area (Å²) in [5.74, 6) is -3.15. The van der Waals surface area contributed by atoms with Gasteiger partial charge in [-0.05, 0) is 67.2 Å². The lowest BCUT2D eigenvalue weighted by atomic mass is 9.77. The highest BCUT2D eigenvalue weighted by atomic mass is 16.5. The molecule has 0 bridgehead atoms. The van der Waals surface area contributed by atoms with Crippen molar-refractivity contribution < 1.29 is 38.9 Å². The van der Waals surface area contributed by atoms with Crippen LogP contribution in [0.1, 0.15) is 106 Å². The van der Waals surface area contributed by atoms with Crippen LogP contribution in [0.15, 0.2) is 0 Å². The molecule has 33 heavy (non-hydrogen) atoms. The highest BCUT2D eigenvalue weighted by Crippen LogP contribution is 2.34. The van der Waals surface area contributed by atoms with Crippen LogP contribution in [0.2, 0.25) is 0 Å². The minimum absolute atomic E-state index is 0.0474. The fraction of sp³-hybridized carbons (Fsp3) is 0.840. The molecule has 8 heteroatoms. The number of hydrogen-bond donors (Lipinski definition) is 2. The predicted molar refractivity (Wildman–Crippen MR) is 125 cm³/mol. The summed E-state index contributed by atoms with van der Waals surface area (Å²) in [5, 5.41) is 19.5. The molecule has 0 heterocycles. The Morgan fingerprint density at radius 1 is 0.576 bits per heavy atom. The Hall–Kier alpha value is -2.12. The zero-order valence-electron chi connectivity index (χ0n) is 21.3. The van der Waals surface area contributed by atoms with E-state index in [2.05, 4.69) is 0 Å². The summed E-state index contributed by atoms with van der Waals surface area (Å²) >= 11 is 0. The zero-order chi connectivity index (χ0) is 25.7. The molecule has 0 saturated heterocycles. The molecule has 0 radical (unpaired) electrons. The number of rotatable bonds is 18. The number of unbranched alkanes of at least 4 members (excludes halogenated alkanes) is 4. The molecule has 0 fully saturated rings. The molecule has 0 atom stereocenters. The molecule has 0 unspecified atom stereocenters. The summed E-state index contributed by atoms with van der Waals surface area (Å²) in [5.41, 5.74) is -3.05. The van der Waals surface area contributed by atoms with Crippen LogP contribution < -0.4 is 0 Å². The van der Waals surface area contributed by atoms with Crippen LogP contribution >= 0.6 is 0 Å². The van der Waals surface area contributed by atoms with Crippen LogP contribution in [0.5, 0.6) is 0 Å². The van der Waals surface area contributed by atoms with Crippen LogP contribution in [0, 0.1) is 16.2 Å². The van der Waals surface area contributed by atoms with Crippen molar-refractivity contribution in [3.05, 3.63) is 0 Å². The predicted octanol–water partition coefficient (Wildman–Crippen LogP) is 5.22. The molecule has 0 aliphatic rings. The number of carboxylic acids is 2. The smallest absolute Gasteiger partial charge is 0.321 e. The second-order valence-corrected chi connectivity index (χ2v) is 10.0. The topological polar surface area (TPSA) is 127 Å². The van der Waals surface area contributed by atoms with E-state index in [1.165, 1.54) is 0 Å². The van der Waals surface area contributed by atoms with Crippen LogP contribution in [0.4, 0.5) is 0 Å². The van der Waals surface area contributed by atoms with Crippen molar-refractivity contribution >= 4 is 23.9 Å². The van der Waals surface area contributed by atoms with Crippen LogP contribution in [-0.4, -0.2) is 47.3 Å². The molecule has 0 amide bonds. The monoisotopic (exact) mass is 472 g/mol. The van der Waals surface area contributed by atoms with Crippen LogP contribution in [0.25, 0.3) is 0 Å². The molecule has 0 aliphatic heterocycles. The summed E-state index contributed by atoms with van der Waals surface area (Å²) < 4.78 is 10.1. The van der Waals surface area contributed by atoms with Gasteiger partial charge in [0.2, 0.25) is 0 Å². The number of carbonyl (C=O) groups is 4. The Balaban J connectivity index is 4.69. The third kappa shape index (κ3) is 10.1. The van der Waals surface area contributed by atoms with Gasteiger partial charge in [0, 0.05) is 0 Å². The summed E-state index contributed by atoms with van der Waals surface area (Å²) in [7, 11) is 0. The van der Waals surface area contributed by atoms with Gasteiger partial charge in [0.15, 0.2) is 5.41 Å². The van der Waals surface area contributed by atoms with E-state index in [1.807, 2.05) is 27.7 Å². The average Bonchev–Trinajstić information content (AvgIpc) is 2.71. The lowest BCUT2D eigenvalue weighted by molar-refractivity contribution is -0.166. The number of carboxylic acid groups (broad SMARTS) is 2. The summed E-state index contributed by atoms with van der Waals surface area (Å²) in [6.45, 7) is 11.4. The molecule has 0 rings (SSSR count). The van der Waals surface area contributed by atoms with E-state index in [9.17, 15) is 29.4 Å². The maximum atomic E-state index is 12.0. The number of carbonyl (C=O) groups excluding carboxylic acids is 2. The summed E-state index contributed by atoms with van der Waals surface area (Å²) in [4.78, 5) is 47.8. The van der Waals surface area contributed by atoms with Gasteiger partial charge in [0.1, 0.15) is 0 Å². The third-order valence-electron chi connectivity index (χ3n) is 6.29. The SMILES string of the molecule is CCOC(=O)C(C)(C)CCCCCC(CCCCCC(C)(C)C(=O)OCC)(C(=O)O)C(=O)O. The molecule has 0 aromatic carbocycles. The first-order valence-electron chi connectivity index (χ1n) is 12.1. The molecule has 2 N–H and O–H groups in total. The first kappa shape index (κ1) is 30.9. The van der Waals surface area contributed by atoms with Crippen molar-refractivity contribution in [3.8, 4) is 0 Å². The molecule has 192 valence electrons. The van der Waals surface area contributed by atoms with Gasteiger partial charge in [-0.25, -0.2) is 0 Å². The quantitative estimate of drug-likeness (QED) is 0.158. The van der Waals surface area contributed by atoms with Gasteiger partial charge in [-0.15, -0.1) is 0 Å². The molecule has 0 spiro atoms. The Morgan fingerprint density at radius 3 is 1.15 bits per heavy atom. The third-order valence-corrected chi connectivity index (χ3v) is 6.29. The van der Waals surface area contributed by atoms with E-state index in [4.69, 9.17) is 9.47 Å². The van der Waals surface area contributed by atoms with Gasteiger partial charge >= 0.3 is 23.9 Å². The van der Waals surface area contributed by atoms with Crippen LogP contribution in [0.3, 0.4) is 0 Å². The second-order valence-electron chi connectivity index (χ2n) is 10.0. The van der Waals surface area contributed by atoms with Gasteiger partial charge in [0.25, 0.3) is 0 Å². The van der Waals surface area contributed by atoms with E-state index in [0.29, 0.717) is 64.6 Å². The van der Waals surface area contributed by atoms with E-state index >= 15 is 0 Å². The first-order valence-corrected chi connectivity index (χ1v) is 12.1. The van der Waals surface area contributed by atoms with Crippen molar-refractivity contribution in [2.24, 2.45) is 16.2 Å². The van der Waals surface area contributed by atoms with Crippen molar-refractivity contribution in [2.45, 2.75) is 106 Å². The highest BCUT2D eigenvalue weighted by Gasteiger charge is 2.45. The van der Waals surface area contributed by atoms with Crippen LogP contribution in [-0.2, 0) is 28.7 Å². The Bertz CT molecular complexity index is 595. The maximum Gasteiger partial charge on any atom is 0.321 e. The Labute approximate surface area is 198 Å². The van der Waals surface area contributed by atoms with Gasteiger partial charge in [-0.1, -0.05) is 38.5 Å². The molecule has 0 aliphatic carbocycles. The molecule has 0 saturated carbocycles. The van der Waals surface area contributed by atoms with E-state index < -0.39 is 28.2 Å². The largest absolute Gasteiger partial charge is 0.480 e. The van der Waals surface area contributed by atoms with Crippen molar-refractivity contribution in [1.29, 1.82) is 0 Å². The average molecular weight is 473 g/mol.